The van der Waals surface area contributed by atoms with E-state index in [-0.39, 0.29) is 0 Å². The summed E-state index contributed by atoms with van der Waals surface area (Å²) in [5, 5.41) is 26.4. The van der Waals surface area contributed by atoms with Crippen molar-refractivity contribution in [3.63, 3.8) is 0 Å². The molecule has 0 fully saturated rings. The van der Waals surface area contributed by atoms with E-state index in [0.29, 0.717) is 0 Å². The second-order valence-corrected chi connectivity index (χ2v) is 6.63. The third-order valence-electron chi connectivity index (χ3n) is 2.95. The minimum absolute atomic E-state index is 1.79. The van der Waals surface area contributed by atoms with Gasteiger partial charge in [0.15, 0.2) is 0 Å². The van der Waals surface area contributed by atoms with Crippen molar-refractivity contribution in [2.24, 2.45) is 11.8 Å². The van der Waals surface area contributed by atoms with Gasteiger partial charge < -0.3 is 25.2 Å². The van der Waals surface area contributed by atoms with E-state index < -0.39 is 69.2 Å². The molecule has 0 spiro atoms. The van der Waals surface area contributed by atoms with Crippen LogP contribution in [0.5, 0.6) is 0 Å². The maximum absolute atomic E-state index is 11.8. The molecule has 0 bridgehead atoms. The van der Waals surface area contributed by atoms with Gasteiger partial charge in [0.2, 0.25) is 0 Å². The number of esters is 2. The monoisotopic (exact) mass is 470 g/mol. The standard InChI is InChI=1S/C12H10Cl4O11/c13-3(9(21)22)1(7(17)18)5(15)11(25)27-12(26)6(16)2(8(19)20)4(14)10(23)24/h1-6H,(H,17,18)(H,19,20)(H,21,22)(H,23,24). The molecule has 15 heteroatoms. The Hall–Kier alpha value is -1.82. The van der Waals surface area contributed by atoms with E-state index in [9.17, 15) is 28.8 Å². The van der Waals surface area contributed by atoms with Crippen LogP contribution in [0.25, 0.3) is 0 Å². The Labute approximate surface area is 169 Å². The highest BCUT2D eigenvalue weighted by Gasteiger charge is 2.46. The number of aliphatic carboxylic acids is 4. The Kier molecular flexibility index (Phi) is 9.79. The Bertz CT molecular complexity index is 597. The normalized spacial score (nSPS) is 17.5. The van der Waals surface area contributed by atoms with Crippen LogP contribution in [0.15, 0.2) is 0 Å². The molecule has 11 nitrogen and oxygen atoms in total. The zero-order valence-corrected chi connectivity index (χ0v) is 15.6. The number of ether oxygens (including phenoxy) is 1. The summed E-state index contributed by atoms with van der Waals surface area (Å²) in [5.74, 6) is -15.5. The van der Waals surface area contributed by atoms with Crippen molar-refractivity contribution >= 4 is 82.2 Å². The average molecular weight is 472 g/mol. The van der Waals surface area contributed by atoms with E-state index in [1.807, 2.05) is 0 Å². The van der Waals surface area contributed by atoms with Crippen LogP contribution < -0.4 is 0 Å². The molecule has 4 N–H and O–H groups in total. The predicted molar refractivity (Wildman–Crippen MR) is 87.2 cm³/mol. The van der Waals surface area contributed by atoms with Gasteiger partial charge in [0.25, 0.3) is 0 Å². The van der Waals surface area contributed by atoms with Gasteiger partial charge in [-0.15, -0.1) is 46.4 Å². The van der Waals surface area contributed by atoms with Crippen molar-refractivity contribution in [2.75, 3.05) is 0 Å². The fourth-order valence-corrected chi connectivity index (χ4v) is 2.86. The summed E-state index contributed by atoms with van der Waals surface area (Å²) >= 11 is 21.7. The van der Waals surface area contributed by atoms with Crippen molar-refractivity contribution in [3.05, 3.63) is 0 Å². The van der Waals surface area contributed by atoms with Crippen molar-refractivity contribution in [3.8, 4) is 0 Å². The van der Waals surface area contributed by atoms with Crippen molar-refractivity contribution in [1.82, 2.24) is 0 Å². The molecule has 0 rings (SSSR count). The molecule has 0 heterocycles. The van der Waals surface area contributed by atoms with Crippen LogP contribution in [-0.2, 0) is 33.5 Å². The predicted octanol–water partition coefficient (Wildman–Crippen LogP) is 0.0566. The van der Waals surface area contributed by atoms with Gasteiger partial charge in [-0.05, 0) is 0 Å². The molecule has 0 amide bonds. The lowest BCUT2D eigenvalue weighted by Crippen LogP contribution is -2.45. The maximum atomic E-state index is 11.8. The summed E-state index contributed by atoms with van der Waals surface area (Å²) in [6, 6.07) is 0. The SMILES string of the molecule is O=C(O)C(Cl)C(C(=O)O)C(Cl)C(=O)OC(=O)C(Cl)C(C(=O)O)C(Cl)C(=O)O. The molecule has 0 aliphatic heterocycles. The first-order valence-electron chi connectivity index (χ1n) is 6.47. The molecular formula is C12H10Cl4O11. The Morgan fingerprint density at radius 3 is 0.963 bits per heavy atom. The molecule has 0 aromatic rings. The van der Waals surface area contributed by atoms with E-state index >= 15 is 0 Å². The molecule has 0 saturated carbocycles. The first-order chi connectivity index (χ1) is 12.2. The summed E-state index contributed by atoms with van der Waals surface area (Å²) in [4.78, 5) is 67.2. The van der Waals surface area contributed by atoms with E-state index in [0.717, 1.165) is 0 Å². The minimum atomic E-state index is -2.27. The van der Waals surface area contributed by atoms with Gasteiger partial charge in [-0.25, -0.2) is 9.59 Å². The summed E-state index contributed by atoms with van der Waals surface area (Å²) < 4.78 is 4.12. The topological polar surface area (TPSA) is 193 Å². The van der Waals surface area contributed by atoms with Crippen LogP contribution in [0, 0.1) is 11.8 Å². The van der Waals surface area contributed by atoms with Crippen LogP contribution in [0.4, 0.5) is 0 Å². The number of halogens is 4. The van der Waals surface area contributed by atoms with Crippen LogP contribution in [-0.4, -0.2) is 77.8 Å². The highest BCUT2D eigenvalue weighted by molar-refractivity contribution is 6.38. The lowest BCUT2D eigenvalue weighted by Gasteiger charge is -2.21. The van der Waals surface area contributed by atoms with Crippen molar-refractivity contribution in [2.45, 2.75) is 21.5 Å². The molecule has 0 saturated heterocycles. The molecular weight excluding hydrogens is 462 g/mol. The molecule has 0 aromatic carbocycles. The number of carbonyl (C=O) groups excluding carboxylic acids is 2. The van der Waals surface area contributed by atoms with Crippen LogP contribution in [0.2, 0.25) is 0 Å². The molecule has 6 unspecified atom stereocenters. The number of rotatable bonds is 10. The highest BCUT2D eigenvalue weighted by Crippen LogP contribution is 2.25. The van der Waals surface area contributed by atoms with Crippen LogP contribution >= 0.6 is 46.4 Å². The summed E-state index contributed by atoms with van der Waals surface area (Å²) in [7, 11) is 0. The first-order valence-corrected chi connectivity index (χ1v) is 8.21. The van der Waals surface area contributed by atoms with Gasteiger partial charge in [-0.1, -0.05) is 0 Å². The number of carboxylic acid groups (broad SMARTS) is 4. The van der Waals surface area contributed by atoms with Gasteiger partial charge in [0.1, 0.15) is 33.3 Å². The number of carboxylic acids is 4. The van der Waals surface area contributed by atoms with Gasteiger partial charge in [-0.2, -0.15) is 0 Å². The molecule has 0 aliphatic rings. The first kappa shape index (κ1) is 25.2. The highest BCUT2D eigenvalue weighted by atomic mass is 35.5. The van der Waals surface area contributed by atoms with Gasteiger partial charge in [-0.3, -0.25) is 19.2 Å². The number of hydrogen-bond acceptors (Lipinski definition) is 7. The van der Waals surface area contributed by atoms with Crippen molar-refractivity contribution < 1.29 is 53.9 Å². The zero-order chi connectivity index (χ0) is 21.6. The molecule has 0 aliphatic carbocycles. The Morgan fingerprint density at radius 1 is 0.519 bits per heavy atom. The summed E-state index contributed by atoms with van der Waals surface area (Å²) in [6.45, 7) is 0. The smallest absolute Gasteiger partial charge is 0.332 e. The summed E-state index contributed by atoms with van der Waals surface area (Å²) in [6.07, 6.45) is 0. The lowest BCUT2D eigenvalue weighted by molar-refractivity contribution is -0.164. The Morgan fingerprint density at radius 2 is 0.778 bits per heavy atom. The number of alkyl halides is 4. The fourth-order valence-electron chi connectivity index (χ4n) is 1.61. The molecule has 6 atom stereocenters. The van der Waals surface area contributed by atoms with E-state index in [2.05, 4.69) is 4.74 Å². The summed E-state index contributed by atoms with van der Waals surface area (Å²) in [5.41, 5.74) is 0. The number of hydrogen-bond donors (Lipinski definition) is 4. The third kappa shape index (κ3) is 6.69. The van der Waals surface area contributed by atoms with Crippen molar-refractivity contribution in [1.29, 1.82) is 0 Å². The second-order valence-electron chi connectivity index (χ2n) is 4.75. The van der Waals surface area contributed by atoms with E-state index in [1.165, 1.54) is 0 Å². The average Bonchev–Trinajstić information content (AvgIpc) is 2.53. The van der Waals surface area contributed by atoms with E-state index in [4.69, 9.17) is 66.8 Å². The quantitative estimate of drug-likeness (QED) is 0.191. The molecule has 27 heavy (non-hydrogen) atoms. The zero-order valence-electron chi connectivity index (χ0n) is 12.6. The lowest BCUT2D eigenvalue weighted by atomic mass is 10.00. The second kappa shape index (κ2) is 10.5. The fraction of sp³-hybridized carbons (Fsp3) is 0.500. The Balaban J connectivity index is 5.39. The maximum Gasteiger partial charge on any atom is 0.332 e. The third-order valence-corrected chi connectivity index (χ3v) is 4.77. The largest absolute Gasteiger partial charge is 0.481 e. The van der Waals surface area contributed by atoms with Crippen LogP contribution in [0.3, 0.4) is 0 Å². The van der Waals surface area contributed by atoms with Gasteiger partial charge >= 0.3 is 35.8 Å². The molecule has 0 aromatic heterocycles. The van der Waals surface area contributed by atoms with E-state index in [1.54, 1.807) is 0 Å². The minimum Gasteiger partial charge on any atom is -0.481 e. The van der Waals surface area contributed by atoms with Crippen LogP contribution in [0.1, 0.15) is 0 Å². The molecule has 152 valence electrons. The van der Waals surface area contributed by atoms with Gasteiger partial charge in [0, 0.05) is 0 Å². The van der Waals surface area contributed by atoms with Gasteiger partial charge in [0.05, 0.1) is 0 Å². The number of carbonyl (C=O) groups is 6. The molecule has 0 radical (unpaired) electrons.